The average molecular weight is 346 g/mol. The molecule has 1 saturated carbocycles. The quantitative estimate of drug-likeness (QED) is 0.614. The fourth-order valence-electron chi connectivity index (χ4n) is 2.50. The fourth-order valence-corrected chi connectivity index (χ4v) is 2.50. The third-order valence-corrected chi connectivity index (χ3v) is 3.77. The summed E-state index contributed by atoms with van der Waals surface area (Å²) in [5, 5.41) is 9.53. The van der Waals surface area contributed by atoms with Crippen LogP contribution >= 0.6 is 12.4 Å². The Balaban J connectivity index is 0.00000264. The number of carbonyl (C=O) groups is 2. The molecule has 0 spiro atoms. The minimum absolute atomic E-state index is 0. The van der Waals surface area contributed by atoms with E-state index >= 15 is 0 Å². The van der Waals surface area contributed by atoms with Gasteiger partial charge in [-0.3, -0.25) is 14.3 Å². The third-order valence-electron chi connectivity index (χ3n) is 3.77. The maximum Gasteiger partial charge on any atom is 0.244 e. The Morgan fingerprint density at radius 3 is 2.78 bits per heavy atom. The zero-order chi connectivity index (χ0) is 16.0. The first-order valence-corrected chi connectivity index (χ1v) is 7.42. The molecule has 1 aliphatic carbocycles. The van der Waals surface area contributed by atoms with Crippen molar-refractivity contribution >= 4 is 29.9 Å². The van der Waals surface area contributed by atoms with Crippen molar-refractivity contribution in [2.24, 2.45) is 5.73 Å². The maximum atomic E-state index is 12.2. The Morgan fingerprint density at radius 1 is 1.43 bits per heavy atom. The Kier molecular flexibility index (Phi) is 7.47. The van der Waals surface area contributed by atoms with Crippen molar-refractivity contribution in [2.75, 3.05) is 25.6 Å². The lowest BCUT2D eigenvalue weighted by atomic mass is 9.98. The number of anilines is 1. The highest BCUT2D eigenvalue weighted by Gasteiger charge is 2.37. The zero-order valence-corrected chi connectivity index (χ0v) is 14.0. The number of ether oxygens (including phenoxy) is 1. The lowest BCUT2D eigenvalue weighted by Crippen LogP contribution is -2.48. The van der Waals surface area contributed by atoms with Gasteiger partial charge in [-0.2, -0.15) is 5.10 Å². The van der Waals surface area contributed by atoms with E-state index in [0.717, 1.165) is 12.8 Å². The van der Waals surface area contributed by atoms with Gasteiger partial charge in [-0.15, -0.1) is 12.4 Å². The van der Waals surface area contributed by atoms with Crippen LogP contribution in [0.3, 0.4) is 0 Å². The topological polar surface area (TPSA) is 111 Å². The number of carbonyl (C=O) groups excluding carboxylic acids is 2. The van der Waals surface area contributed by atoms with Crippen molar-refractivity contribution < 1.29 is 14.3 Å². The van der Waals surface area contributed by atoms with Crippen LogP contribution < -0.4 is 16.4 Å². The van der Waals surface area contributed by atoms with Gasteiger partial charge in [-0.05, 0) is 12.8 Å². The molecule has 2 rings (SSSR count). The zero-order valence-electron chi connectivity index (χ0n) is 13.2. The van der Waals surface area contributed by atoms with Gasteiger partial charge in [0.25, 0.3) is 0 Å². The molecule has 9 heteroatoms. The molecule has 1 aromatic heterocycles. The summed E-state index contributed by atoms with van der Waals surface area (Å²) in [5.74, 6) is -0.349. The number of methoxy groups -OCH3 is 1. The lowest BCUT2D eigenvalue weighted by Gasteiger charge is -2.21. The number of hydrogen-bond acceptors (Lipinski definition) is 5. The number of halogens is 1. The highest BCUT2D eigenvalue weighted by molar-refractivity contribution is 5.98. The van der Waals surface area contributed by atoms with E-state index in [1.54, 1.807) is 13.3 Å². The van der Waals surface area contributed by atoms with E-state index in [1.807, 2.05) is 0 Å². The van der Waals surface area contributed by atoms with Crippen LogP contribution in [0.4, 0.5) is 5.69 Å². The van der Waals surface area contributed by atoms with E-state index in [1.165, 1.54) is 10.9 Å². The average Bonchev–Trinajstić information content (AvgIpc) is 3.09. The van der Waals surface area contributed by atoms with Gasteiger partial charge >= 0.3 is 0 Å². The van der Waals surface area contributed by atoms with Crippen molar-refractivity contribution in [2.45, 2.75) is 37.8 Å². The van der Waals surface area contributed by atoms with Gasteiger partial charge in [0.1, 0.15) is 6.54 Å². The number of hydrogen-bond donors (Lipinski definition) is 3. The normalized spacial score (nSPS) is 15.7. The second-order valence-electron chi connectivity index (χ2n) is 5.59. The first-order valence-electron chi connectivity index (χ1n) is 7.42. The third kappa shape index (κ3) is 5.49. The maximum absolute atomic E-state index is 12.2. The van der Waals surface area contributed by atoms with Crippen molar-refractivity contribution in [1.82, 2.24) is 15.1 Å². The first-order chi connectivity index (χ1) is 10.5. The molecule has 8 nitrogen and oxygen atoms in total. The number of nitrogens with zero attached hydrogens (tertiary/aromatic N) is 2. The Bertz CT molecular complexity index is 528. The largest absolute Gasteiger partial charge is 0.383 e. The molecule has 23 heavy (non-hydrogen) atoms. The summed E-state index contributed by atoms with van der Waals surface area (Å²) in [6.07, 6.45) is 6.49. The molecule has 0 atom stereocenters. The van der Waals surface area contributed by atoms with Crippen LogP contribution in [0.5, 0.6) is 0 Å². The van der Waals surface area contributed by atoms with E-state index in [0.29, 0.717) is 31.7 Å². The van der Waals surface area contributed by atoms with Crippen LogP contribution in [0.25, 0.3) is 0 Å². The minimum atomic E-state index is -0.778. The summed E-state index contributed by atoms with van der Waals surface area (Å²) >= 11 is 0. The van der Waals surface area contributed by atoms with Gasteiger partial charge in [0.2, 0.25) is 11.8 Å². The molecule has 0 aliphatic heterocycles. The predicted molar refractivity (Wildman–Crippen MR) is 88.4 cm³/mol. The molecule has 2 amide bonds. The molecule has 4 N–H and O–H groups in total. The van der Waals surface area contributed by atoms with Crippen LogP contribution in [0.2, 0.25) is 0 Å². The number of nitrogens with one attached hydrogen (secondary N) is 2. The highest BCUT2D eigenvalue weighted by atomic mass is 35.5. The van der Waals surface area contributed by atoms with Gasteiger partial charge < -0.3 is 21.1 Å². The summed E-state index contributed by atoms with van der Waals surface area (Å²) in [5.41, 5.74) is 5.86. The molecule has 1 aromatic rings. The second kappa shape index (κ2) is 8.85. The molecular formula is C14H24ClN5O3. The Morgan fingerprint density at radius 2 is 2.13 bits per heavy atom. The van der Waals surface area contributed by atoms with Crippen LogP contribution in [-0.4, -0.2) is 47.4 Å². The fraction of sp³-hybridized carbons (Fsp3) is 0.643. The number of rotatable bonds is 7. The minimum Gasteiger partial charge on any atom is -0.383 e. The SMILES string of the molecule is COCCNC(=O)Cn1cc(NC(=O)C2(N)CCCC2)cn1.Cl. The summed E-state index contributed by atoms with van der Waals surface area (Å²) < 4.78 is 6.32. The van der Waals surface area contributed by atoms with Gasteiger partial charge in [0.15, 0.2) is 0 Å². The van der Waals surface area contributed by atoms with Crippen LogP contribution in [0, 0.1) is 0 Å². The molecule has 0 unspecified atom stereocenters. The van der Waals surface area contributed by atoms with E-state index in [-0.39, 0.29) is 30.8 Å². The van der Waals surface area contributed by atoms with E-state index < -0.39 is 5.54 Å². The van der Waals surface area contributed by atoms with Crippen LogP contribution in [0.15, 0.2) is 12.4 Å². The summed E-state index contributed by atoms with van der Waals surface area (Å²) in [6.45, 7) is 1.01. The molecule has 1 heterocycles. The molecular weight excluding hydrogens is 322 g/mol. The molecule has 0 radical (unpaired) electrons. The highest BCUT2D eigenvalue weighted by Crippen LogP contribution is 2.28. The van der Waals surface area contributed by atoms with Crippen molar-refractivity contribution in [3.05, 3.63) is 12.4 Å². The summed E-state index contributed by atoms with van der Waals surface area (Å²) in [7, 11) is 1.57. The molecule has 1 fully saturated rings. The van der Waals surface area contributed by atoms with Crippen molar-refractivity contribution in [3.8, 4) is 0 Å². The standard InChI is InChI=1S/C14H23N5O3.ClH/c1-22-7-6-16-12(20)10-19-9-11(8-17-19)18-13(21)14(15)4-2-3-5-14;/h8-9H,2-7,10,15H2,1H3,(H,16,20)(H,18,21);1H. The molecule has 0 saturated heterocycles. The smallest absolute Gasteiger partial charge is 0.244 e. The summed E-state index contributed by atoms with van der Waals surface area (Å²) in [6, 6.07) is 0. The molecule has 0 aromatic carbocycles. The van der Waals surface area contributed by atoms with Gasteiger partial charge in [-0.25, -0.2) is 0 Å². The number of nitrogens with two attached hydrogens (primary N) is 1. The summed E-state index contributed by atoms with van der Waals surface area (Å²) in [4.78, 5) is 23.8. The van der Waals surface area contributed by atoms with E-state index in [4.69, 9.17) is 10.5 Å². The monoisotopic (exact) mass is 345 g/mol. The van der Waals surface area contributed by atoms with Gasteiger partial charge in [-0.1, -0.05) is 12.8 Å². The van der Waals surface area contributed by atoms with Crippen LogP contribution in [0.1, 0.15) is 25.7 Å². The van der Waals surface area contributed by atoms with Crippen LogP contribution in [-0.2, 0) is 20.9 Å². The molecule has 0 bridgehead atoms. The Hall–Kier alpha value is -1.64. The predicted octanol–water partition coefficient (Wildman–Crippen LogP) is 0.278. The number of amides is 2. The van der Waals surface area contributed by atoms with Crippen molar-refractivity contribution in [1.29, 1.82) is 0 Å². The van der Waals surface area contributed by atoms with E-state index in [9.17, 15) is 9.59 Å². The number of aromatic nitrogens is 2. The second-order valence-corrected chi connectivity index (χ2v) is 5.59. The Labute approximate surface area is 141 Å². The molecule has 1 aliphatic rings. The van der Waals surface area contributed by atoms with Crippen molar-refractivity contribution in [3.63, 3.8) is 0 Å². The lowest BCUT2D eigenvalue weighted by molar-refractivity contribution is -0.122. The first kappa shape index (κ1) is 19.4. The van der Waals surface area contributed by atoms with E-state index in [2.05, 4.69) is 15.7 Å². The van der Waals surface area contributed by atoms with Gasteiger partial charge in [0.05, 0.1) is 24.0 Å². The molecule has 130 valence electrons. The van der Waals surface area contributed by atoms with Gasteiger partial charge in [0, 0.05) is 19.9 Å².